The number of hydrogen-bond donors (Lipinski definition) is 1. The van der Waals surface area contributed by atoms with E-state index in [-0.39, 0.29) is 5.78 Å². The largest absolute Gasteiger partial charge is 0.456 e. The highest BCUT2D eigenvalue weighted by Crippen LogP contribution is 2.25. The second-order valence-electron chi connectivity index (χ2n) is 7.39. The number of nitrogens with zero attached hydrogens (tertiary/aromatic N) is 1. The van der Waals surface area contributed by atoms with Crippen LogP contribution in [0.25, 0.3) is 0 Å². The SMILES string of the molecule is CCC1(CC)NC(=O)N(CC(=O)OCC(=O)c2ccc3c(c2)CCCC3)C1=O. The van der Waals surface area contributed by atoms with Crippen molar-refractivity contribution in [2.24, 2.45) is 0 Å². The zero-order valence-electron chi connectivity index (χ0n) is 16.4. The Morgan fingerprint density at radius 1 is 1.11 bits per heavy atom. The molecule has 28 heavy (non-hydrogen) atoms. The summed E-state index contributed by atoms with van der Waals surface area (Å²) in [6.07, 6.45) is 5.15. The molecule has 1 aliphatic heterocycles. The van der Waals surface area contributed by atoms with Crippen molar-refractivity contribution in [3.05, 3.63) is 34.9 Å². The van der Waals surface area contributed by atoms with Gasteiger partial charge in [0, 0.05) is 5.56 Å². The van der Waals surface area contributed by atoms with Crippen LogP contribution in [0.3, 0.4) is 0 Å². The summed E-state index contributed by atoms with van der Waals surface area (Å²) in [4.78, 5) is 49.9. The van der Waals surface area contributed by atoms with Gasteiger partial charge in [-0.3, -0.25) is 19.3 Å². The van der Waals surface area contributed by atoms with E-state index in [0.29, 0.717) is 18.4 Å². The van der Waals surface area contributed by atoms with E-state index in [9.17, 15) is 19.2 Å². The lowest BCUT2D eigenvalue weighted by atomic mass is 9.90. The standard InChI is InChI=1S/C21H26N2O5/c1-3-21(4-2)19(26)23(20(27)22-21)12-18(25)28-13-17(24)16-10-9-14-7-5-6-8-15(14)11-16/h9-11H,3-8,12-13H2,1-2H3,(H,22,27). The summed E-state index contributed by atoms with van der Waals surface area (Å²) in [6.45, 7) is 2.71. The molecular weight excluding hydrogens is 360 g/mol. The van der Waals surface area contributed by atoms with Gasteiger partial charge in [-0.1, -0.05) is 26.0 Å². The molecule has 0 aromatic heterocycles. The van der Waals surface area contributed by atoms with E-state index >= 15 is 0 Å². The molecule has 0 atom stereocenters. The molecule has 3 rings (SSSR count). The predicted octanol–water partition coefficient (Wildman–Crippen LogP) is 2.40. The quantitative estimate of drug-likeness (QED) is 0.441. The molecule has 0 saturated carbocycles. The lowest BCUT2D eigenvalue weighted by Crippen LogP contribution is -2.46. The van der Waals surface area contributed by atoms with Crippen molar-refractivity contribution in [3.8, 4) is 0 Å². The zero-order valence-corrected chi connectivity index (χ0v) is 16.4. The monoisotopic (exact) mass is 386 g/mol. The van der Waals surface area contributed by atoms with Gasteiger partial charge in [0.25, 0.3) is 5.91 Å². The van der Waals surface area contributed by atoms with Gasteiger partial charge in [0.1, 0.15) is 12.1 Å². The number of benzene rings is 1. The van der Waals surface area contributed by atoms with Crippen LogP contribution in [0.1, 0.15) is 61.0 Å². The fourth-order valence-corrected chi connectivity index (χ4v) is 3.86. The Hall–Kier alpha value is -2.70. The van der Waals surface area contributed by atoms with Gasteiger partial charge >= 0.3 is 12.0 Å². The van der Waals surface area contributed by atoms with Crippen LogP contribution in [0.5, 0.6) is 0 Å². The molecule has 1 aromatic rings. The molecule has 150 valence electrons. The Morgan fingerprint density at radius 2 is 1.79 bits per heavy atom. The van der Waals surface area contributed by atoms with E-state index < -0.39 is 36.6 Å². The van der Waals surface area contributed by atoms with Crippen molar-refractivity contribution >= 4 is 23.7 Å². The molecule has 7 heteroatoms. The lowest BCUT2D eigenvalue weighted by molar-refractivity contribution is -0.146. The number of amides is 3. The van der Waals surface area contributed by atoms with Crippen LogP contribution in [0.15, 0.2) is 18.2 Å². The zero-order chi connectivity index (χ0) is 20.3. The summed E-state index contributed by atoms with van der Waals surface area (Å²) >= 11 is 0. The molecule has 0 spiro atoms. The van der Waals surface area contributed by atoms with Gasteiger partial charge in [-0.25, -0.2) is 4.79 Å². The van der Waals surface area contributed by atoms with Crippen LogP contribution in [0.2, 0.25) is 0 Å². The fourth-order valence-electron chi connectivity index (χ4n) is 3.86. The van der Waals surface area contributed by atoms with Gasteiger partial charge in [0.2, 0.25) is 0 Å². The fraction of sp³-hybridized carbons (Fsp3) is 0.524. The van der Waals surface area contributed by atoms with Crippen LogP contribution >= 0.6 is 0 Å². The smallest absolute Gasteiger partial charge is 0.326 e. The summed E-state index contributed by atoms with van der Waals surface area (Å²) in [5.41, 5.74) is 2.00. The Bertz CT molecular complexity index is 813. The molecule has 1 aromatic carbocycles. The first-order valence-electron chi connectivity index (χ1n) is 9.85. The molecule has 0 bridgehead atoms. The van der Waals surface area contributed by atoms with E-state index in [1.165, 1.54) is 11.1 Å². The van der Waals surface area contributed by atoms with Gasteiger partial charge in [-0.15, -0.1) is 0 Å². The van der Waals surface area contributed by atoms with Crippen LogP contribution in [0.4, 0.5) is 4.79 Å². The van der Waals surface area contributed by atoms with Crippen LogP contribution in [-0.2, 0) is 27.2 Å². The number of carbonyl (C=O) groups excluding carboxylic acids is 4. The lowest BCUT2D eigenvalue weighted by Gasteiger charge is -2.22. The third-order valence-corrected chi connectivity index (χ3v) is 5.77. The topological polar surface area (TPSA) is 92.8 Å². The highest BCUT2D eigenvalue weighted by atomic mass is 16.5. The molecule has 0 unspecified atom stereocenters. The normalized spacial score (nSPS) is 17.9. The van der Waals surface area contributed by atoms with E-state index in [4.69, 9.17) is 4.74 Å². The van der Waals surface area contributed by atoms with Gasteiger partial charge in [0.05, 0.1) is 0 Å². The third-order valence-electron chi connectivity index (χ3n) is 5.77. The number of esters is 1. The second-order valence-corrected chi connectivity index (χ2v) is 7.39. The van der Waals surface area contributed by atoms with Gasteiger partial charge in [-0.05, 0) is 55.7 Å². The molecule has 1 N–H and O–H groups in total. The minimum atomic E-state index is -0.962. The number of hydrogen-bond acceptors (Lipinski definition) is 5. The maximum absolute atomic E-state index is 12.5. The molecule has 1 fully saturated rings. The number of imide groups is 1. The summed E-state index contributed by atoms with van der Waals surface area (Å²) in [6, 6.07) is 4.99. The number of Topliss-reactive ketones (excluding diaryl/α,β-unsaturated/α-hetero) is 1. The maximum Gasteiger partial charge on any atom is 0.326 e. The summed E-state index contributed by atoms with van der Waals surface area (Å²) in [5, 5.41) is 2.65. The molecule has 3 amide bonds. The van der Waals surface area contributed by atoms with Crippen molar-refractivity contribution < 1.29 is 23.9 Å². The number of rotatable bonds is 7. The average Bonchev–Trinajstić information content (AvgIpc) is 2.96. The Labute approximate surface area is 164 Å². The third kappa shape index (κ3) is 3.79. The average molecular weight is 386 g/mol. The maximum atomic E-state index is 12.5. The molecule has 2 aliphatic rings. The Morgan fingerprint density at radius 3 is 2.43 bits per heavy atom. The Kier molecular flexibility index (Phi) is 5.82. The first-order valence-corrected chi connectivity index (χ1v) is 9.85. The molecule has 1 saturated heterocycles. The van der Waals surface area contributed by atoms with Crippen LogP contribution < -0.4 is 5.32 Å². The van der Waals surface area contributed by atoms with Gasteiger partial charge in [0.15, 0.2) is 12.4 Å². The number of nitrogens with one attached hydrogen (secondary N) is 1. The number of carbonyl (C=O) groups is 4. The summed E-state index contributed by atoms with van der Waals surface area (Å²) < 4.78 is 5.03. The van der Waals surface area contributed by atoms with Crippen molar-refractivity contribution in [1.29, 1.82) is 0 Å². The number of ketones is 1. The highest BCUT2D eigenvalue weighted by Gasteiger charge is 2.49. The van der Waals surface area contributed by atoms with E-state index in [1.54, 1.807) is 19.9 Å². The number of aryl methyl sites for hydroxylation is 2. The van der Waals surface area contributed by atoms with Crippen molar-refractivity contribution in [2.75, 3.05) is 13.2 Å². The second kappa shape index (κ2) is 8.12. The molecule has 7 nitrogen and oxygen atoms in total. The molecule has 1 aliphatic carbocycles. The minimum Gasteiger partial charge on any atom is -0.456 e. The molecule has 1 heterocycles. The Balaban J connectivity index is 1.56. The van der Waals surface area contributed by atoms with Gasteiger partial charge < -0.3 is 10.1 Å². The van der Waals surface area contributed by atoms with Crippen LogP contribution in [-0.4, -0.2) is 47.3 Å². The minimum absolute atomic E-state index is 0.296. The summed E-state index contributed by atoms with van der Waals surface area (Å²) in [7, 11) is 0. The van der Waals surface area contributed by atoms with E-state index in [0.717, 1.165) is 30.6 Å². The van der Waals surface area contributed by atoms with E-state index in [2.05, 4.69) is 5.32 Å². The van der Waals surface area contributed by atoms with E-state index in [1.807, 2.05) is 12.1 Å². The molecule has 0 radical (unpaired) electrons. The first-order chi connectivity index (χ1) is 13.4. The van der Waals surface area contributed by atoms with Crippen LogP contribution in [0, 0.1) is 0 Å². The predicted molar refractivity (Wildman–Crippen MR) is 102 cm³/mol. The number of ether oxygens (including phenoxy) is 1. The number of fused-ring (bicyclic) bond motifs is 1. The molecular formula is C21H26N2O5. The van der Waals surface area contributed by atoms with Crippen molar-refractivity contribution in [2.45, 2.75) is 57.9 Å². The van der Waals surface area contributed by atoms with Crippen molar-refractivity contribution in [1.82, 2.24) is 10.2 Å². The summed E-state index contributed by atoms with van der Waals surface area (Å²) in [5.74, 6) is -1.51. The first kappa shape index (κ1) is 20.0. The number of urea groups is 1. The van der Waals surface area contributed by atoms with Gasteiger partial charge in [-0.2, -0.15) is 0 Å². The highest BCUT2D eigenvalue weighted by molar-refractivity contribution is 6.08. The van der Waals surface area contributed by atoms with Crippen molar-refractivity contribution in [3.63, 3.8) is 0 Å².